The number of pyridine rings is 1. The van der Waals surface area contributed by atoms with E-state index >= 15 is 0 Å². The van der Waals surface area contributed by atoms with Gasteiger partial charge in [-0.15, -0.1) is 0 Å². The normalized spacial score (nSPS) is 9.82. The van der Waals surface area contributed by atoms with Gasteiger partial charge >= 0.3 is 0 Å². The monoisotopic (exact) mass is 150 g/mol. The fraction of sp³-hybridized carbons (Fsp3) is 0.444. The second-order valence-corrected chi connectivity index (χ2v) is 2.93. The summed E-state index contributed by atoms with van der Waals surface area (Å²) in [5.74, 6) is 0. The summed E-state index contributed by atoms with van der Waals surface area (Å²) in [5, 5.41) is 0. The van der Waals surface area contributed by atoms with Crippen molar-refractivity contribution in [1.29, 1.82) is 0 Å². The lowest BCUT2D eigenvalue weighted by molar-refractivity contribution is 1.07. The van der Waals surface area contributed by atoms with Crippen LogP contribution in [-0.4, -0.2) is 19.1 Å². The fourth-order valence-corrected chi connectivity index (χ4v) is 1.11. The molecule has 1 heterocycles. The van der Waals surface area contributed by atoms with Gasteiger partial charge in [-0.05, 0) is 25.5 Å². The Labute approximate surface area is 67.9 Å². The van der Waals surface area contributed by atoms with Crippen LogP contribution in [0.1, 0.15) is 11.3 Å². The Hall–Kier alpha value is -1.05. The zero-order valence-corrected chi connectivity index (χ0v) is 7.55. The average Bonchev–Trinajstić information content (AvgIpc) is 1.94. The summed E-state index contributed by atoms with van der Waals surface area (Å²) in [6.45, 7) is 4.12. The van der Waals surface area contributed by atoms with Crippen molar-refractivity contribution in [3.8, 4) is 0 Å². The van der Waals surface area contributed by atoms with E-state index < -0.39 is 0 Å². The third-order valence-electron chi connectivity index (χ3n) is 1.91. The van der Waals surface area contributed by atoms with Gasteiger partial charge in [-0.2, -0.15) is 0 Å². The lowest BCUT2D eigenvalue weighted by Gasteiger charge is -2.15. The van der Waals surface area contributed by atoms with Gasteiger partial charge in [0.1, 0.15) is 0 Å². The molecule has 0 fully saturated rings. The Balaban J connectivity index is 3.17. The quantitative estimate of drug-likeness (QED) is 0.606. The molecule has 60 valence electrons. The first kappa shape index (κ1) is 8.05. The highest BCUT2D eigenvalue weighted by atomic mass is 15.1. The van der Waals surface area contributed by atoms with Crippen molar-refractivity contribution >= 4 is 5.69 Å². The summed E-state index contributed by atoms with van der Waals surface area (Å²) in [5.41, 5.74) is 3.62. The first-order valence-electron chi connectivity index (χ1n) is 3.72. The molecule has 2 nitrogen and oxygen atoms in total. The van der Waals surface area contributed by atoms with Gasteiger partial charge in [0.15, 0.2) is 0 Å². The fourth-order valence-electron chi connectivity index (χ4n) is 1.11. The maximum atomic E-state index is 4.20. The van der Waals surface area contributed by atoms with Crippen LogP contribution in [0.2, 0.25) is 0 Å². The molecule has 0 amide bonds. The molecular weight excluding hydrogens is 136 g/mol. The summed E-state index contributed by atoms with van der Waals surface area (Å²) < 4.78 is 0. The molecule has 0 aliphatic carbocycles. The van der Waals surface area contributed by atoms with Gasteiger partial charge in [-0.3, -0.25) is 4.98 Å². The van der Waals surface area contributed by atoms with Crippen molar-refractivity contribution in [2.24, 2.45) is 0 Å². The second kappa shape index (κ2) is 2.91. The van der Waals surface area contributed by atoms with Crippen LogP contribution in [0.5, 0.6) is 0 Å². The molecule has 1 aromatic rings. The summed E-state index contributed by atoms with van der Waals surface area (Å²) in [6.07, 6.45) is 1.84. The smallest absolute Gasteiger partial charge is 0.0424 e. The van der Waals surface area contributed by atoms with Gasteiger partial charge < -0.3 is 4.90 Å². The number of hydrogen-bond acceptors (Lipinski definition) is 2. The van der Waals surface area contributed by atoms with E-state index in [4.69, 9.17) is 0 Å². The number of anilines is 1. The summed E-state index contributed by atoms with van der Waals surface area (Å²) >= 11 is 0. The van der Waals surface area contributed by atoms with E-state index in [0.717, 1.165) is 5.69 Å². The Morgan fingerprint density at radius 3 is 2.36 bits per heavy atom. The van der Waals surface area contributed by atoms with Crippen molar-refractivity contribution in [2.45, 2.75) is 13.8 Å². The Morgan fingerprint density at radius 2 is 1.91 bits per heavy atom. The topological polar surface area (TPSA) is 16.1 Å². The second-order valence-electron chi connectivity index (χ2n) is 2.93. The molecule has 0 spiro atoms. The largest absolute Gasteiger partial charge is 0.377 e. The SMILES string of the molecule is Cc1nccc(N(C)C)c1C. The summed E-state index contributed by atoms with van der Waals surface area (Å²) in [7, 11) is 4.09. The van der Waals surface area contributed by atoms with Crippen LogP contribution in [0, 0.1) is 13.8 Å². The Kier molecular flexibility index (Phi) is 2.13. The molecule has 0 radical (unpaired) electrons. The molecule has 0 aliphatic rings. The van der Waals surface area contributed by atoms with Crippen LogP contribution in [0.3, 0.4) is 0 Å². The molecule has 1 rings (SSSR count). The minimum absolute atomic E-state index is 1.11. The minimum Gasteiger partial charge on any atom is -0.377 e. The van der Waals surface area contributed by atoms with Crippen molar-refractivity contribution in [1.82, 2.24) is 4.98 Å². The molecule has 0 saturated heterocycles. The van der Waals surface area contributed by atoms with Gasteiger partial charge in [0.05, 0.1) is 0 Å². The van der Waals surface area contributed by atoms with Gasteiger partial charge in [-0.1, -0.05) is 0 Å². The van der Waals surface area contributed by atoms with E-state index in [-0.39, 0.29) is 0 Å². The zero-order chi connectivity index (χ0) is 8.43. The maximum absolute atomic E-state index is 4.20. The van der Waals surface area contributed by atoms with E-state index in [2.05, 4.69) is 16.8 Å². The number of aromatic nitrogens is 1. The predicted molar refractivity (Wildman–Crippen MR) is 48.0 cm³/mol. The first-order valence-corrected chi connectivity index (χ1v) is 3.72. The standard InChI is InChI=1S/C9H14N2/c1-7-8(2)10-6-5-9(7)11(3)4/h5-6H,1-4H3. The van der Waals surface area contributed by atoms with Gasteiger partial charge in [0.2, 0.25) is 0 Å². The molecule has 0 saturated carbocycles. The van der Waals surface area contributed by atoms with Crippen LogP contribution in [-0.2, 0) is 0 Å². The molecule has 0 unspecified atom stereocenters. The van der Waals surface area contributed by atoms with Crippen LogP contribution in [0.4, 0.5) is 5.69 Å². The highest BCUT2D eigenvalue weighted by Gasteiger charge is 2.01. The molecule has 0 aromatic carbocycles. The number of aryl methyl sites for hydroxylation is 1. The molecule has 0 atom stereocenters. The number of nitrogens with zero attached hydrogens (tertiary/aromatic N) is 2. The molecule has 0 bridgehead atoms. The van der Waals surface area contributed by atoms with Gasteiger partial charge in [-0.25, -0.2) is 0 Å². The molecular formula is C9H14N2. The lowest BCUT2D eigenvalue weighted by atomic mass is 10.2. The molecule has 1 aromatic heterocycles. The average molecular weight is 150 g/mol. The summed E-state index contributed by atoms with van der Waals surface area (Å²) in [4.78, 5) is 6.30. The number of rotatable bonds is 1. The lowest BCUT2D eigenvalue weighted by Crippen LogP contribution is -2.11. The van der Waals surface area contributed by atoms with Crippen LogP contribution >= 0.6 is 0 Å². The first-order chi connectivity index (χ1) is 5.13. The molecule has 2 heteroatoms. The third-order valence-corrected chi connectivity index (χ3v) is 1.91. The van der Waals surface area contributed by atoms with E-state index in [9.17, 15) is 0 Å². The van der Waals surface area contributed by atoms with Crippen molar-refractivity contribution in [3.63, 3.8) is 0 Å². The van der Waals surface area contributed by atoms with Crippen LogP contribution < -0.4 is 4.90 Å². The highest BCUT2D eigenvalue weighted by Crippen LogP contribution is 2.17. The minimum atomic E-state index is 1.11. The molecule has 11 heavy (non-hydrogen) atoms. The maximum Gasteiger partial charge on any atom is 0.0424 e. The zero-order valence-electron chi connectivity index (χ0n) is 7.55. The highest BCUT2D eigenvalue weighted by molar-refractivity contribution is 5.52. The van der Waals surface area contributed by atoms with E-state index in [0.29, 0.717) is 0 Å². The van der Waals surface area contributed by atoms with Crippen molar-refractivity contribution in [3.05, 3.63) is 23.5 Å². The Bertz CT molecular complexity index is 254. The van der Waals surface area contributed by atoms with E-state index in [1.54, 1.807) is 0 Å². The Morgan fingerprint density at radius 1 is 1.27 bits per heavy atom. The van der Waals surface area contributed by atoms with E-state index in [1.165, 1.54) is 11.3 Å². The number of hydrogen-bond donors (Lipinski definition) is 0. The molecule has 0 aliphatic heterocycles. The van der Waals surface area contributed by atoms with Gasteiger partial charge in [0, 0.05) is 31.7 Å². The summed E-state index contributed by atoms with van der Waals surface area (Å²) in [6, 6.07) is 2.03. The van der Waals surface area contributed by atoms with Crippen LogP contribution in [0.25, 0.3) is 0 Å². The third kappa shape index (κ3) is 1.50. The predicted octanol–water partition coefficient (Wildman–Crippen LogP) is 1.76. The van der Waals surface area contributed by atoms with Crippen molar-refractivity contribution in [2.75, 3.05) is 19.0 Å². The van der Waals surface area contributed by atoms with E-state index in [1.807, 2.05) is 33.3 Å². The van der Waals surface area contributed by atoms with Crippen molar-refractivity contribution < 1.29 is 0 Å². The molecule has 0 N–H and O–H groups in total. The van der Waals surface area contributed by atoms with Crippen LogP contribution in [0.15, 0.2) is 12.3 Å². The van der Waals surface area contributed by atoms with Gasteiger partial charge in [0.25, 0.3) is 0 Å².